The second kappa shape index (κ2) is 5.95. The number of methoxy groups -OCH3 is 1. The first kappa shape index (κ1) is 12.3. The Morgan fingerprint density at radius 2 is 2.00 bits per heavy atom. The summed E-state index contributed by atoms with van der Waals surface area (Å²) in [6, 6.07) is 0.155. The topological polar surface area (TPSA) is 38.5 Å². The van der Waals surface area contributed by atoms with Crippen molar-refractivity contribution in [2.45, 2.75) is 30.4 Å². The van der Waals surface area contributed by atoms with Crippen molar-refractivity contribution in [1.82, 2.24) is 4.90 Å². The molecule has 0 aromatic heterocycles. The van der Waals surface area contributed by atoms with Crippen LogP contribution in [0, 0.1) is 0 Å². The minimum absolute atomic E-state index is 0.155. The van der Waals surface area contributed by atoms with E-state index in [2.05, 4.69) is 30.5 Å². The molecular formula is C10H22N2OS. The Balaban J connectivity index is 2.29. The van der Waals surface area contributed by atoms with Crippen LogP contribution in [0.2, 0.25) is 0 Å². The molecule has 0 aliphatic carbocycles. The number of hydrogen-bond donors (Lipinski definition) is 1. The highest BCUT2D eigenvalue weighted by Crippen LogP contribution is 2.24. The Hall–Kier alpha value is 0.230. The third-order valence-electron chi connectivity index (χ3n) is 2.37. The van der Waals surface area contributed by atoms with E-state index in [0.717, 1.165) is 30.1 Å². The van der Waals surface area contributed by atoms with Crippen LogP contribution in [0.1, 0.15) is 13.8 Å². The third kappa shape index (κ3) is 4.17. The van der Waals surface area contributed by atoms with Gasteiger partial charge in [-0.25, -0.2) is 0 Å². The largest absolute Gasteiger partial charge is 0.383 e. The summed E-state index contributed by atoms with van der Waals surface area (Å²) in [6.07, 6.45) is 0. The second-order valence-corrected chi connectivity index (χ2v) is 6.07. The summed E-state index contributed by atoms with van der Waals surface area (Å²) in [7, 11) is 1.71. The minimum atomic E-state index is 0.155. The number of hydrogen-bond acceptors (Lipinski definition) is 4. The van der Waals surface area contributed by atoms with E-state index < -0.39 is 0 Å². The number of ether oxygens (including phenoxy) is 1. The predicted molar refractivity (Wildman–Crippen MR) is 62.8 cm³/mol. The van der Waals surface area contributed by atoms with Crippen molar-refractivity contribution in [2.24, 2.45) is 5.73 Å². The van der Waals surface area contributed by atoms with E-state index in [4.69, 9.17) is 10.5 Å². The Bertz CT molecular complexity index is 158. The quantitative estimate of drug-likeness (QED) is 0.757. The van der Waals surface area contributed by atoms with E-state index in [1.807, 2.05) is 0 Å². The Kier molecular flexibility index (Phi) is 5.23. The predicted octanol–water partition coefficient (Wildman–Crippen LogP) is 0.786. The summed E-state index contributed by atoms with van der Waals surface area (Å²) < 4.78 is 5.04. The van der Waals surface area contributed by atoms with Gasteiger partial charge in [-0.1, -0.05) is 13.8 Å². The molecule has 0 radical (unpaired) electrons. The van der Waals surface area contributed by atoms with Gasteiger partial charge in [0.1, 0.15) is 0 Å². The van der Waals surface area contributed by atoms with E-state index in [9.17, 15) is 0 Å². The molecule has 1 saturated heterocycles. The zero-order valence-corrected chi connectivity index (χ0v) is 10.2. The summed E-state index contributed by atoms with van der Waals surface area (Å²) in [5.74, 6) is 0. The van der Waals surface area contributed by atoms with Crippen LogP contribution in [-0.4, -0.2) is 54.8 Å². The van der Waals surface area contributed by atoms with E-state index in [1.54, 1.807) is 7.11 Å². The van der Waals surface area contributed by atoms with Gasteiger partial charge in [0, 0.05) is 43.3 Å². The highest BCUT2D eigenvalue weighted by Gasteiger charge is 2.23. The van der Waals surface area contributed by atoms with Crippen LogP contribution in [0.25, 0.3) is 0 Å². The summed E-state index contributed by atoms with van der Waals surface area (Å²) in [5, 5.41) is 1.46. The van der Waals surface area contributed by atoms with E-state index >= 15 is 0 Å². The van der Waals surface area contributed by atoms with Crippen LogP contribution < -0.4 is 5.73 Å². The Morgan fingerprint density at radius 1 is 1.43 bits per heavy atom. The maximum atomic E-state index is 5.93. The molecule has 0 saturated carbocycles. The number of nitrogens with two attached hydrogens (primary N) is 1. The third-order valence-corrected chi connectivity index (χ3v) is 3.60. The molecular weight excluding hydrogens is 196 g/mol. The average Bonchev–Trinajstić information content (AvgIpc) is 2.01. The fourth-order valence-electron chi connectivity index (χ4n) is 2.03. The van der Waals surface area contributed by atoms with Crippen molar-refractivity contribution in [3.05, 3.63) is 0 Å². The average molecular weight is 218 g/mol. The monoisotopic (exact) mass is 218 g/mol. The highest BCUT2D eigenvalue weighted by atomic mass is 32.2. The van der Waals surface area contributed by atoms with Crippen LogP contribution in [0.15, 0.2) is 0 Å². The van der Waals surface area contributed by atoms with Crippen LogP contribution in [0.5, 0.6) is 0 Å². The van der Waals surface area contributed by atoms with Crippen molar-refractivity contribution < 1.29 is 4.74 Å². The lowest BCUT2D eigenvalue weighted by atomic mass is 10.2. The van der Waals surface area contributed by atoms with Gasteiger partial charge in [0.15, 0.2) is 0 Å². The van der Waals surface area contributed by atoms with Gasteiger partial charge in [-0.3, -0.25) is 4.90 Å². The maximum Gasteiger partial charge on any atom is 0.0626 e. The second-order valence-electron chi connectivity index (χ2n) is 4.19. The zero-order valence-electron chi connectivity index (χ0n) is 9.40. The highest BCUT2D eigenvalue weighted by molar-refractivity contribution is 8.00. The van der Waals surface area contributed by atoms with Crippen molar-refractivity contribution in [3.63, 3.8) is 0 Å². The molecule has 2 N–H and O–H groups in total. The molecule has 1 fully saturated rings. The molecule has 1 aliphatic rings. The SMILES string of the molecule is COCC(N)CN1CC(C)SC(C)C1. The van der Waals surface area contributed by atoms with Gasteiger partial charge in [-0.2, -0.15) is 11.8 Å². The Labute approximate surface area is 91.4 Å². The molecule has 84 valence electrons. The number of rotatable bonds is 4. The smallest absolute Gasteiger partial charge is 0.0626 e. The number of nitrogens with zero attached hydrogens (tertiary/aromatic N) is 1. The van der Waals surface area contributed by atoms with Crippen molar-refractivity contribution >= 4 is 11.8 Å². The van der Waals surface area contributed by atoms with E-state index in [1.165, 1.54) is 0 Å². The molecule has 1 rings (SSSR count). The Morgan fingerprint density at radius 3 is 2.50 bits per heavy atom. The van der Waals surface area contributed by atoms with Gasteiger partial charge < -0.3 is 10.5 Å². The summed E-state index contributed by atoms with van der Waals surface area (Å²) in [6.45, 7) is 8.51. The molecule has 1 aliphatic heterocycles. The molecule has 1 heterocycles. The fraction of sp³-hybridized carbons (Fsp3) is 1.00. The van der Waals surface area contributed by atoms with Crippen LogP contribution in [0.3, 0.4) is 0 Å². The van der Waals surface area contributed by atoms with Crippen LogP contribution in [-0.2, 0) is 4.74 Å². The van der Waals surface area contributed by atoms with Gasteiger partial charge in [0.25, 0.3) is 0 Å². The molecule has 0 spiro atoms. The van der Waals surface area contributed by atoms with Gasteiger partial charge in [-0.15, -0.1) is 0 Å². The first-order chi connectivity index (χ1) is 6.61. The molecule has 3 atom stereocenters. The minimum Gasteiger partial charge on any atom is -0.383 e. The lowest BCUT2D eigenvalue weighted by molar-refractivity contribution is 0.152. The molecule has 0 aromatic rings. The summed E-state index contributed by atoms with van der Waals surface area (Å²) in [5.41, 5.74) is 5.93. The van der Waals surface area contributed by atoms with Crippen LogP contribution in [0.4, 0.5) is 0 Å². The standard InChI is InChI=1S/C10H22N2OS/c1-8-4-12(5-9(2)14-8)6-10(11)7-13-3/h8-10H,4-7,11H2,1-3H3. The van der Waals surface area contributed by atoms with Crippen molar-refractivity contribution in [1.29, 1.82) is 0 Å². The van der Waals surface area contributed by atoms with Crippen molar-refractivity contribution in [3.8, 4) is 0 Å². The molecule has 14 heavy (non-hydrogen) atoms. The summed E-state index contributed by atoms with van der Waals surface area (Å²) >= 11 is 2.07. The lowest BCUT2D eigenvalue weighted by Crippen LogP contribution is -2.47. The van der Waals surface area contributed by atoms with Gasteiger partial charge in [0.2, 0.25) is 0 Å². The molecule has 4 heteroatoms. The van der Waals surface area contributed by atoms with Gasteiger partial charge in [-0.05, 0) is 0 Å². The number of thioether (sulfide) groups is 1. The maximum absolute atomic E-state index is 5.93. The van der Waals surface area contributed by atoms with E-state index in [0.29, 0.717) is 6.61 Å². The summed E-state index contributed by atoms with van der Waals surface area (Å²) in [4.78, 5) is 2.45. The fourth-order valence-corrected chi connectivity index (χ4v) is 3.42. The first-order valence-electron chi connectivity index (χ1n) is 5.24. The van der Waals surface area contributed by atoms with Gasteiger partial charge >= 0.3 is 0 Å². The molecule has 3 unspecified atom stereocenters. The van der Waals surface area contributed by atoms with Crippen LogP contribution >= 0.6 is 11.8 Å². The molecule has 0 bridgehead atoms. The molecule has 3 nitrogen and oxygen atoms in total. The first-order valence-corrected chi connectivity index (χ1v) is 6.18. The molecule has 0 aromatic carbocycles. The normalized spacial score (nSPS) is 31.7. The lowest BCUT2D eigenvalue weighted by Gasteiger charge is -2.35. The van der Waals surface area contributed by atoms with E-state index in [-0.39, 0.29) is 6.04 Å². The zero-order chi connectivity index (χ0) is 10.6. The molecule has 0 amide bonds. The van der Waals surface area contributed by atoms with Gasteiger partial charge in [0.05, 0.1) is 6.61 Å². The van der Waals surface area contributed by atoms with Crippen molar-refractivity contribution in [2.75, 3.05) is 33.4 Å².